The molecule has 0 aliphatic rings. The number of amidine groups is 1. The molecule has 0 aliphatic heterocycles. The van der Waals surface area contributed by atoms with Gasteiger partial charge in [0.15, 0.2) is 0 Å². The monoisotopic (exact) mass is 187 g/mol. The van der Waals surface area contributed by atoms with Crippen LogP contribution in [0, 0.1) is 5.41 Å². The summed E-state index contributed by atoms with van der Waals surface area (Å²) in [5.41, 5.74) is 5.18. The van der Waals surface area contributed by atoms with Gasteiger partial charge in [0.2, 0.25) is 0 Å². The Kier molecular flexibility index (Phi) is 3.38. The van der Waals surface area contributed by atoms with Gasteiger partial charge in [-0.05, 0) is 0 Å². The van der Waals surface area contributed by atoms with Crippen LogP contribution in [0.2, 0.25) is 0 Å². The molecule has 11 heavy (non-hydrogen) atoms. The Bertz CT molecular complexity index is 220. The summed E-state index contributed by atoms with van der Waals surface area (Å²) >= 11 is 3.26. The summed E-state index contributed by atoms with van der Waals surface area (Å²) in [6.07, 6.45) is 2.42. The molecule has 0 bridgehead atoms. The second-order valence-electron chi connectivity index (χ2n) is 1.92. The van der Waals surface area contributed by atoms with Crippen molar-refractivity contribution in [3.8, 4) is 0 Å². The number of thiazole rings is 1. The lowest BCUT2D eigenvalue weighted by Crippen LogP contribution is -2.09. The van der Waals surface area contributed by atoms with Crippen molar-refractivity contribution >= 4 is 28.9 Å². The van der Waals surface area contributed by atoms with E-state index in [1.54, 1.807) is 29.3 Å². The molecule has 1 heterocycles. The Labute approximate surface area is 73.5 Å². The lowest BCUT2D eigenvalue weighted by atomic mass is 10.5. The van der Waals surface area contributed by atoms with E-state index in [4.69, 9.17) is 11.1 Å². The van der Waals surface area contributed by atoms with Crippen LogP contribution in [-0.2, 0) is 0 Å². The second-order valence-corrected chi connectivity index (χ2v) is 4.16. The molecule has 3 N–H and O–H groups in total. The van der Waals surface area contributed by atoms with Crippen molar-refractivity contribution < 1.29 is 0 Å². The lowest BCUT2D eigenvalue weighted by molar-refractivity contribution is 1.20. The SMILES string of the molecule is N=C(N)CCSc1nccs1. The molecule has 0 aliphatic carbocycles. The van der Waals surface area contributed by atoms with Crippen molar-refractivity contribution in [3.05, 3.63) is 11.6 Å². The minimum atomic E-state index is 0.244. The van der Waals surface area contributed by atoms with Gasteiger partial charge in [-0.1, -0.05) is 11.8 Å². The molecule has 60 valence electrons. The standard InChI is InChI=1S/C6H9N3S2/c7-5(8)1-3-10-6-9-2-4-11-6/h2,4H,1,3H2,(H3,7,8). The second kappa shape index (κ2) is 4.35. The minimum Gasteiger partial charge on any atom is -0.388 e. The largest absolute Gasteiger partial charge is 0.388 e. The quantitative estimate of drug-likeness (QED) is 0.427. The van der Waals surface area contributed by atoms with Crippen molar-refractivity contribution in [1.82, 2.24) is 4.98 Å². The molecule has 1 aromatic heterocycles. The van der Waals surface area contributed by atoms with E-state index in [1.165, 1.54) is 0 Å². The van der Waals surface area contributed by atoms with Crippen LogP contribution in [0.25, 0.3) is 0 Å². The highest BCUT2D eigenvalue weighted by Gasteiger charge is 1.96. The molecule has 0 spiro atoms. The van der Waals surface area contributed by atoms with E-state index in [0.29, 0.717) is 6.42 Å². The summed E-state index contributed by atoms with van der Waals surface area (Å²) < 4.78 is 1.05. The van der Waals surface area contributed by atoms with E-state index < -0.39 is 0 Å². The van der Waals surface area contributed by atoms with Gasteiger partial charge >= 0.3 is 0 Å². The van der Waals surface area contributed by atoms with Crippen molar-refractivity contribution in [2.24, 2.45) is 5.73 Å². The maximum atomic E-state index is 6.97. The summed E-state index contributed by atoms with van der Waals surface area (Å²) in [6, 6.07) is 0. The maximum absolute atomic E-state index is 6.97. The number of hydrogen-bond donors (Lipinski definition) is 2. The predicted molar refractivity (Wildman–Crippen MR) is 49.4 cm³/mol. The van der Waals surface area contributed by atoms with Gasteiger partial charge in [-0.15, -0.1) is 11.3 Å². The van der Waals surface area contributed by atoms with Crippen LogP contribution < -0.4 is 5.73 Å². The average Bonchev–Trinajstić information content (AvgIpc) is 2.39. The third kappa shape index (κ3) is 3.38. The number of rotatable bonds is 4. The van der Waals surface area contributed by atoms with Gasteiger partial charge in [0.25, 0.3) is 0 Å². The molecule has 3 nitrogen and oxygen atoms in total. The third-order valence-corrected chi connectivity index (χ3v) is 2.97. The summed E-state index contributed by atoms with van der Waals surface area (Å²) in [7, 11) is 0. The summed E-state index contributed by atoms with van der Waals surface area (Å²) in [6.45, 7) is 0. The molecular formula is C6H9N3S2. The molecule has 1 aromatic rings. The van der Waals surface area contributed by atoms with Crippen LogP contribution in [0.3, 0.4) is 0 Å². The van der Waals surface area contributed by atoms with E-state index >= 15 is 0 Å². The summed E-state index contributed by atoms with van der Waals surface area (Å²) in [4.78, 5) is 4.08. The van der Waals surface area contributed by atoms with Crippen molar-refractivity contribution in [3.63, 3.8) is 0 Å². The Hall–Kier alpha value is -0.550. The Morgan fingerprint density at radius 3 is 3.18 bits per heavy atom. The first-order valence-electron chi connectivity index (χ1n) is 3.14. The van der Waals surface area contributed by atoms with E-state index in [9.17, 15) is 0 Å². The zero-order valence-corrected chi connectivity index (χ0v) is 7.54. The van der Waals surface area contributed by atoms with Crippen LogP contribution in [-0.4, -0.2) is 16.6 Å². The average molecular weight is 187 g/mol. The lowest BCUT2D eigenvalue weighted by Gasteiger charge is -1.94. The first kappa shape index (κ1) is 8.55. The fourth-order valence-corrected chi connectivity index (χ4v) is 2.21. The van der Waals surface area contributed by atoms with Gasteiger partial charge in [-0.3, -0.25) is 5.41 Å². The van der Waals surface area contributed by atoms with Gasteiger partial charge in [0.1, 0.15) is 4.34 Å². The van der Waals surface area contributed by atoms with Crippen LogP contribution >= 0.6 is 23.1 Å². The predicted octanol–water partition coefficient (Wildman–Crippen LogP) is 1.56. The number of aromatic nitrogens is 1. The number of nitrogens with zero attached hydrogens (tertiary/aromatic N) is 1. The normalized spacial score (nSPS) is 9.82. The van der Waals surface area contributed by atoms with Crippen LogP contribution in [0.1, 0.15) is 6.42 Å². The van der Waals surface area contributed by atoms with Gasteiger partial charge in [0, 0.05) is 23.8 Å². The van der Waals surface area contributed by atoms with Crippen LogP contribution in [0.15, 0.2) is 15.9 Å². The fourth-order valence-electron chi connectivity index (χ4n) is 0.530. The van der Waals surface area contributed by atoms with Crippen molar-refractivity contribution in [1.29, 1.82) is 5.41 Å². The zero-order valence-electron chi connectivity index (χ0n) is 5.91. The van der Waals surface area contributed by atoms with Gasteiger partial charge in [-0.2, -0.15) is 0 Å². The zero-order chi connectivity index (χ0) is 8.10. The molecule has 0 fully saturated rings. The number of hydrogen-bond acceptors (Lipinski definition) is 4. The summed E-state index contributed by atoms with van der Waals surface area (Å²) in [5, 5.41) is 8.91. The molecule has 0 atom stereocenters. The van der Waals surface area contributed by atoms with Crippen molar-refractivity contribution in [2.75, 3.05) is 5.75 Å². The van der Waals surface area contributed by atoms with Crippen LogP contribution in [0.5, 0.6) is 0 Å². The summed E-state index contributed by atoms with van der Waals surface area (Å²) in [5.74, 6) is 1.09. The first-order valence-corrected chi connectivity index (χ1v) is 5.01. The molecule has 0 unspecified atom stereocenters. The number of thioether (sulfide) groups is 1. The molecule has 0 aromatic carbocycles. The Morgan fingerprint density at radius 1 is 1.82 bits per heavy atom. The van der Waals surface area contributed by atoms with E-state index in [-0.39, 0.29) is 5.84 Å². The third-order valence-electron chi connectivity index (χ3n) is 1.01. The highest BCUT2D eigenvalue weighted by atomic mass is 32.2. The molecule has 0 saturated carbocycles. The van der Waals surface area contributed by atoms with Crippen LogP contribution in [0.4, 0.5) is 0 Å². The van der Waals surface area contributed by atoms with Crippen molar-refractivity contribution in [2.45, 2.75) is 10.8 Å². The van der Waals surface area contributed by atoms with E-state index in [1.807, 2.05) is 5.38 Å². The maximum Gasteiger partial charge on any atom is 0.149 e. The first-order chi connectivity index (χ1) is 5.29. The van der Waals surface area contributed by atoms with Gasteiger partial charge in [0.05, 0.1) is 5.84 Å². The molecular weight excluding hydrogens is 178 g/mol. The topological polar surface area (TPSA) is 62.8 Å². The number of nitrogens with two attached hydrogens (primary N) is 1. The molecule has 0 saturated heterocycles. The van der Waals surface area contributed by atoms with E-state index in [2.05, 4.69) is 4.98 Å². The van der Waals surface area contributed by atoms with E-state index in [0.717, 1.165) is 10.1 Å². The molecule has 0 radical (unpaired) electrons. The highest BCUT2D eigenvalue weighted by Crippen LogP contribution is 2.20. The smallest absolute Gasteiger partial charge is 0.149 e. The Morgan fingerprint density at radius 2 is 2.64 bits per heavy atom. The minimum absolute atomic E-state index is 0.244. The highest BCUT2D eigenvalue weighted by molar-refractivity contribution is 8.01. The molecule has 5 heteroatoms. The number of nitrogens with one attached hydrogen (secondary N) is 1. The molecule has 0 amide bonds. The van der Waals surface area contributed by atoms with Gasteiger partial charge in [-0.25, -0.2) is 4.98 Å². The molecule has 1 rings (SSSR count). The van der Waals surface area contributed by atoms with Gasteiger partial charge < -0.3 is 5.73 Å². The fraction of sp³-hybridized carbons (Fsp3) is 0.333. The Balaban J connectivity index is 2.19.